The molecule has 0 spiro atoms. The maximum atomic E-state index is 5.59. The molecule has 1 unspecified atom stereocenters. The number of hydrogen-bond donors (Lipinski definition) is 0. The Kier molecular flexibility index (Phi) is 4.33. The summed E-state index contributed by atoms with van der Waals surface area (Å²) in [5, 5.41) is 4.37. The van der Waals surface area contributed by atoms with Crippen molar-refractivity contribution in [3.05, 3.63) is 17.5 Å². The molecule has 0 amide bonds. The van der Waals surface area contributed by atoms with E-state index >= 15 is 0 Å². The van der Waals surface area contributed by atoms with Gasteiger partial charge in [0, 0.05) is 0 Å². The van der Waals surface area contributed by atoms with Gasteiger partial charge in [0.1, 0.15) is 0 Å². The zero-order valence-electron chi connectivity index (χ0n) is 10.4. The second-order valence-corrected chi connectivity index (χ2v) is 3.88. The number of ether oxygens (including phenoxy) is 1. The predicted molar refractivity (Wildman–Crippen MR) is 62.0 cm³/mol. The van der Waals surface area contributed by atoms with Gasteiger partial charge in [0.2, 0.25) is 0 Å². The van der Waals surface area contributed by atoms with Crippen molar-refractivity contribution >= 4 is 0 Å². The first-order valence-electron chi connectivity index (χ1n) is 5.87. The summed E-state index contributed by atoms with van der Waals surface area (Å²) in [5.74, 6) is 0.535. The van der Waals surface area contributed by atoms with E-state index < -0.39 is 0 Å². The molecule has 3 heteroatoms. The van der Waals surface area contributed by atoms with E-state index in [-0.39, 0.29) is 6.10 Å². The fourth-order valence-electron chi connectivity index (χ4n) is 1.87. The number of rotatable bonds is 1. The smallest absolute Gasteiger partial charge is 0.0967 e. The fourth-order valence-corrected chi connectivity index (χ4v) is 1.87. The Morgan fingerprint density at radius 3 is 2.73 bits per heavy atom. The van der Waals surface area contributed by atoms with Crippen molar-refractivity contribution in [1.29, 1.82) is 0 Å². The van der Waals surface area contributed by atoms with Crippen LogP contribution in [0.5, 0.6) is 0 Å². The average molecular weight is 210 g/mol. The fraction of sp³-hybridized carbons (Fsp3) is 0.750. The lowest BCUT2D eigenvalue weighted by atomic mass is 10.0. The van der Waals surface area contributed by atoms with Crippen LogP contribution in [-0.2, 0) is 11.3 Å². The Bertz CT molecular complexity index is 305. The van der Waals surface area contributed by atoms with Crippen molar-refractivity contribution < 1.29 is 4.74 Å². The molecule has 0 aliphatic carbocycles. The maximum Gasteiger partial charge on any atom is 0.0967 e. The van der Waals surface area contributed by atoms with Crippen LogP contribution < -0.4 is 0 Å². The second kappa shape index (κ2) is 5.31. The summed E-state index contributed by atoms with van der Waals surface area (Å²) < 4.78 is 7.67. The van der Waals surface area contributed by atoms with Crippen LogP contribution in [0.1, 0.15) is 57.9 Å². The van der Waals surface area contributed by atoms with E-state index in [4.69, 9.17) is 4.74 Å². The minimum Gasteiger partial charge on any atom is -0.370 e. The van der Waals surface area contributed by atoms with E-state index in [1.807, 2.05) is 20.0 Å². The van der Waals surface area contributed by atoms with E-state index in [1.54, 1.807) is 0 Å². The van der Waals surface area contributed by atoms with Crippen LogP contribution in [0.15, 0.2) is 6.20 Å². The molecule has 0 aromatic carbocycles. The number of hydrogen-bond acceptors (Lipinski definition) is 2. The highest BCUT2D eigenvalue weighted by Crippen LogP contribution is 2.29. The Balaban J connectivity index is 0.000000531. The Morgan fingerprint density at radius 1 is 1.47 bits per heavy atom. The van der Waals surface area contributed by atoms with E-state index in [0.29, 0.717) is 5.92 Å². The number of aromatic nitrogens is 2. The van der Waals surface area contributed by atoms with Gasteiger partial charge in [0.15, 0.2) is 0 Å². The van der Waals surface area contributed by atoms with Crippen LogP contribution in [0, 0.1) is 0 Å². The first kappa shape index (κ1) is 12.2. The monoisotopic (exact) mass is 210 g/mol. The lowest BCUT2D eigenvalue weighted by molar-refractivity contribution is 0.0280. The van der Waals surface area contributed by atoms with Crippen molar-refractivity contribution in [2.45, 2.75) is 53.2 Å². The summed E-state index contributed by atoms with van der Waals surface area (Å²) in [4.78, 5) is 0. The van der Waals surface area contributed by atoms with Gasteiger partial charge < -0.3 is 4.74 Å². The predicted octanol–water partition coefficient (Wildman–Crippen LogP) is 3.12. The summed E-state index contributed by atoms with van der Waals surface area (Å²) in [6.45, 7) is 12.2. The van der Waals surface area contributed by atoms with Crippen LogP contribution in [0.4, 0.5) is 0 Å². The lowest BCUT2D eigenvalue weighted by Crippen LogP contribution is -2.21. The van der Waals surface area contributed by atoms with Crippen LogP contribution >= 0.6 is 0 Å². The van der Waals surface area contributed by atoms with Gasteiger partial charge in [0.05, 0.1) is 31.1 Å². The van der Waals surface area contributed by atoms with Gasteiger partial charge in [-0.3, -0.25) is 4.68 Å². The Labute approximate surface area is 92.4 Å². The molecular formula is C12H22N2O. The van der Waals surface area contributed by atoms with E-state index in [9.17, 15) is 0 Å². The molecule has 0 saturated heterocycles. The summed E-state index contributed by atoms with van der Waals surface area (Å²) in [5.41, 5.74) is 2.59. The summed E-state index contributed by atoms with van der Waals surface area (Å²) in [6, 6.07) is 0. The largest absolute Gasteiger partial charge is 0.370 e. The molecule has 1 aromatic rings. The van der Waals surface area contributed by atoms with Gasteiger partial charge in [-0.25, -0.2) is 0 Å². The molecule has 0 fully saturated rings. The molecule has 0 bridgehead atoms. The molecule has 15 heavy (non-hydrogen) atoms. The van der Waals surface area contributed by atoms with Crippen molar-refractivity contribution in [1.82, 2.24) is 9.78 Å². The zero-order chi connectivity index (χ0) is 11.4. The van der Waals surface area contributed by atoms with Gasteiger partial charge >= 0.3 is 0 Å². The Morgan fingerprint density at radius 2 is 2.13 bits per heavy atom. The molecule has 0 radical (unpaired) electrons. The van der Waals surface area contributed by atoms with Crippen molar-refractivity contribution in [2.24, 2.45) is 0 Å². The van der Waals surface area contributed by atoms with Crippen LogP contribution in [0.2, 0.25) is 0 Å². The highest BCUT2D eigenvalue weighted by atomic mass is 16.5. The highest BCUT2D eigenvalue weighted by molar-refractivity contribution is 5.24. The quantitative estimate of drug-likeness (QED) is 0.712. The Hall–Kier alpha value is -0.830. The first-order chi connectivity index (χ1) is 7.20. The minimum absolute atomic E-state index is 0.202. The summed E-state index contributed by atoms with van der Waals surface area (Å²) in [6.07, 6.45) is 2.18. The third kappa shape index (κ3) is 2.40. The SMILES string of the molecule is CC.CC(C)c1cnn2c1C(C)OCC2. The lowest BCUT2D eigenvalue weighted by Gasteiger charge is -2.23. The molecule has 1 aromatic heterocycles. The zero-order valence-corrected chi connectivity index (χ0v) is 10.4. The van der Waals surface area contributed by atoms with Crippen molar-refractivity contribution in [3.8, 4) is 0 Å². The van der Waals surface area contributed by atoms with Crippen LogP contribution in [0.3, 0.4) is 0 Å². The van der Waals surface area contributed by atoms with Gasteiger partial charge in [-0.1, -0.05) is 27.7 Å². The molecule has 2 heterocycles. The second-order valence-electron chi connectivity index (χ2n) is 3.88. The highest BCUT2D eigenvalue weighted by Gasteiger charge is 2.22. The number of nitrogens with zero attached hydrogens (tertiary/aromatic N) is 2. The molecule has 86 valence electrons. The third-order valence-corrected chi connectivity index (χ3v) is 2.59. The van der Waals surface area contributed by atoms with Gasteiger partial charge in [-0.15, -0.1) is 0 Å². The molecule has 1 aliphatic rings. The van der Waals surface area contributed by atoms with Crippen LogP contribution in [0.25, 0.3) is 0 Å². The molecule has 3 nitrogen and oxygen atoms in total. The van der Waals surface area contributed by atoms with E-state index in [2.05, 4.69) is 30.6 Å². The van der Waals surface area contributed by atoms with E-state index in [1.165, 1.54) is 11.3 Å². The van der Waals surface area contributed by atoms with Gasteiger partial charge in [0.25, 0.3) is 0 Å². The molecule has 0 saturated carbocycles. The van der Waals surface area contributed by atoms with Crippen molar-refractivity contribution in [2.75, 3.05) is 6.61 Å². The molecule has 1 aliphatic heterocycles. The molecule has 1 atom stereocenters. The summed E-state index contributed by atoms with van der Waals surface area (Å²) >= 11 is 0. The standard InChI is InChI=1S/C10H16N2O.C2H6/c1-7(2)9-6-11-12-4-5-13-8(3)10(9)12;1-2/h6-8H,4-5H2,1-3H3;1-2H3. The average Bonchev–Trinajstić information content (AvgIpc) is 2.66. The topological polar surface area (TPSA) is 27.1 Å². The third-order valence-electron chi connectivity index (χ3n) is 2.59. The normalized spacial score (nSPS) is 19.5. The van der Waals surface area contributed by atoms with Crippen molar-refractivity contribution in [3.63, 3.8) is 0 Å². The first-order valence-corrected chi connectivity index (χ1v) is 5.87. The van der Waals surface area contributed by atoms with Gasteiger partial charge in [-0.05, 0) is 18.4 Å². The summed E-state index contributed by atoms with van der Waals surface area (Å²) in [7, 11) is 0. The molecule has 0 N–H and O–H groups in total. The van der Waals surface area contributed by atoms with Gasteiger partial charge in [-0.2, -0.15) is 5.10 Å². The molecular weight excluding hydrogens is 188 g/mol. The number of fused-ring (bicyclic) bond motifs is 1. The van der Waals surface area contributed by atoms with Crippen LogP contribution in [-0.4, -0.2) is 16.4 Å². The van der Waals surface area contributed by atoms with E-state index in [0.717, 1.165) is 13.2 Å². The molecule has 2 rings (SSSR count). The minimum atomic E-state index is 0.202. The maximum absolute atomic E-state index is 5.59.